The Balaban J connectivity index is 2.49. The molecule has 22 heavy (non-hydrogen) atoms. The van der Waals surface area contributed by atoms with Crippen LogP contribution in [0.15, 0.2) is 48.6 Å². The van der Waals surface area contributed by atoms with Crippen molar-refractivity contribution in [3.63, 3.8) is 0 Å². The molecular weight excluding hydrogens is 280 g/mol. The van der Waals surface area contributed by atoms with Crippen LogP contribution in [0.4, 0.5) is 0 Å². The van der Waals surface area contributed by atoms with Gasteiger partial charge in [-0.25, -0.2) is 0 Å². The minimum Gasteiger partial charge on any atom is -0.481 e. The summed E-state index contributed by atoms with van der Waals surface area (Å²) in [6.45, 7) is 0. The van der Waals surface area contributed by atoms with Crippen LogP contribution in [0.25, 0.3) is 0 Å². The van der Waals surface area contributed by atoms with Gasteiger partial charge in [-0.05, 0) is 38.0 Å². The quantitative estimate of drug-likeness (QED) is 0.835. The maximum atomic E-state index is 12.2. The van der Waals surface area contributed by atoms with Crippen molar-refractivity contribution in [2.75, 3.05) is 0 Å². The van der Waals surface area contributed by atoms with Crippen LogP contribution < -0.4 is 0 Å². The number of aliphatic carboxylic acids is 2. The van der Waals surface area contributed by atoms with Crippen LogP contribution in [-0.4, -0.2) is 22.2 Å². The van der Waals surface area contributed by atoms with Gasteiger partial charge < -0.3 is 10.2 Å². The van der Waals surface area contributed by atoms with Crippen LogP contribution in [-0.2, 0) is 9.59 Å². The van der Waals surface area contributed by atoms with E-state index in [1.54, 1.807) is 12.2 Å². The average Bonchev–Trinajstić information content (AvgIpc) is 2.38. The first-order chi connectivity index (χ1) is 10.6. The molecule has 0 heterocycles. The van der Waals surface area contributed by atoms with Crippen LogP contribution in [0.5, 0.6) is 0 Å². The second-order valence-corrected chi connectivity index (χ2v) is 5.86. The smallest absolute Gasteiger partial charge is 0.314 e. The fraction of sp³-hybridized carbons (Fsp3) is 0.444. The van der Waals surface area contributed by atoms with E-state index >= 15 is 0 Å². The molecule has 2 rings (SSSR count). The number of carbonyl (C=O) groups is 2. The molecule has 2 aliphatic rings. The monoisotopic (exact) mass is 302 g/mol. The lowest BCUT2D eigenvalue weighted by atomic mass is 9.61. The van der Waals surface area contributed by atoms with Crippen molar-refractivity contribution in [1.29, 1.82) is 0 Å². The Morgan fingerprint density at radius 1 is 0.909 bits per heavy atom. The van der Waals surface area contributed by atoms with Gasteiger partial charge in [-0.1, -0.05) is 48.6 Å². The summed E-state index contributed by atoms with van der Waals surface area (Å²) in [5.41, 5.74) is -1.36. The zero-order valence-corrected chi connectivity index (χ0v) is 12.5. The summed E-state index contributed by atoms with van der Waals surface area (Å²) >= 11 is 0. The SMILES string of the molecule is O=C(O)C1CCC=CC=CC1(C(=O)O)C1CC=CC=CCC1. The molecule has 0 amide bonds. The van der Waals surface area contributed by atoms with Gasteiger partial charge in [0.25, 0.3) is 0 Å². The van der Waals surface area contributed by atoms with Gasteiger partial charge in [0.1, 0.15) is 5.41 Å². The minimum absolute atomic E-state index is 0.227. The van der Waals surface area contributed by atoms with E-state index in [2.05, 4.69) is 0 Å². The molecule has 2 N–H and O–H groups in total. The molecule has 0 fully saturated rings. The molecule has 0 spiro atoms. The fourth-order valence-corrected chi connectivity index (χ4v) is 3.50. The van der Waals surface area contributed by atoms with E-state index < -0.39 is 23.3 Å². The van der Waals surface area contributed by atoms with Crippen molar-refractivity contribution >= 4 is 11.9 Å². The van der Waals surface area contributed by atoms with Gasteiger partial charge >= 0.3 is 11.9 Å². The molecule has 0 aromatic carbocycles. The summed E-state index contributed by atoms with van der Waals surface area (Å²) in [6, 6.07) is 0. The molecule has 3 atom stereocenters. The summed E-state index contributed by atoms with van der Waals surface area (Å²) in [5, 5.41) is 19.6. The van der Waals surface area contributed by atoms with Gasteiger partial charge in [0.2, 0.25) is 0 Å². The van der Waals surface area contributed by atoms with Crippen LogP contribution in [0, 0.1) is 17.3 Å². The first kappa shape index (κ1) is 16.3. The van der Waals surface area contributed by atoms with Crippen molar-refractivity contribution in [2.45, 2.75) is 32.1 Å². The van der Waals surface area contributed by atoms with Gasteiger partial charge in [0.15, 0.2) is 0 Å². The summed E-state index contributed by atoms with van der Waals surface area (Å²) < 4.78 is 0. The predicted octanol–water partition coefficient (Wildman–Crippen LogP) is 3.58. The maximum absolute atomic E-state index is 12.2. The Labute approximate surface area is 130 Å². The minimum atomic E-state index is -1.36. The van der Waals surface area contributed by atoms with Crippen LogP contribution in [0.2, 0.25) is 0 Å². The van der Waals surface area contributed by atoms with Crippen molar-refractivity contribution in [3.05, 3.63) is 48.6 Å². The second-order valence-electron chi connectivity index (χ2n) is 5.86. The zero-order valence-electron chi connectivity index (χ0n) is 12.5. The third-order valence-corrected chi connectivity index (χ3v) is 4.65. The predicted molar refractivity (Wildman–Crippen MR) is 84.3 cm³/mol. The molecule has 2 aliphatic carbocycles. The summed E-state index contributed by atoms with van der Waals surface area (Å²) in [4.78, 5) is 24.0. The van der Waals surface area contributed by atoms with Crippen molar-refractivity contribution in [2.24, 2.45) is 17.3 Å². The molecule has 0 saturated carbocycles. The highest BCUT2D eigenvalue weighted by atomic mass is 16.4. The largest absolute Gasteiger partial charge is 0.481 e. The molecule has 0 bridgehead atoms. The Bertz CT molecular complexity index is 541. The Kier molecular flexibility index (Phi) is 5.36. The molecular formula is C18H22O4. The number of hydrogen-bond donors (Lipinski definition) is 2. The third kappa shape index (κ3) is 3.21. The van der Waals surface area contributed by atoms with E-state index in [0.29, 0.717) is 25.7 Å². The zero-order chi connectivity index (χ0) is 16.0. The Morgan fingerprint density at radius 3 is 2.23 bits per heavy atom. The molecule has 4 nitrogen and oxygen atoms in total. The van der Waals surface area contributed by atoms with Gasteiger partial charge in [-0.3, -0.25) is 9.59 Å². The van der Waals surface area contributed by atoms with Gasteiger partial charge in [0.05, 0.1) is 5.92 Å². The molecule has 0 aliphatic heterocycles. The van der Waals surface area contributed by atoms with E-state index in [9.17, 15) is 19.8 Å². The topological polar surface area (TPSA) is 74.6 Å². The van der Waals surface area contributed by atoms with E-state index in [0.717, 1.165) is 6.42 Å². The lowest BCUT2D eigenvalue weighted by molar-refractivity contribution is -0.163. The number of carboxylic acid groups (broad SMARTS) is 2. The highest BCUT2D eigenvalue weighted by molar-refractivity contribution is 5.86. The van der Waals surface area contributed by atoms with Gasteiger partial charge in [-0.2, -0.15) is 0 Å². The lowest BCUT2D eigenvalue weighted by Gasteiger charge is -2.39. The first-order valence-corrected chi connectivity index (χ1v) is 7.71. The Morgan fingerprint density at radius 2 is 1.55 bits per heavy atom. The number of carboxylic acids is 2. The van der Waals surface area contributed by atoms with Crippen LogP contribution >= 0.6 is 0 Å². The molecule has 118 valence electrons. The van der Waals surface area contributed by atoms with Crippen molar-refractivity contribution in [3.8, 4) is 0 Å². The first-order valence-electron chi connectivity index (χ1n) is 7.71. The molecule has 0 saturated heterocycles. The van der Waals surface area contributed by atoms with Crippen LogP contribution in [0.3, 0.4) is 0 Å². The fourth-order valence-electron chi connectivity index (χ4n) is 3.50. The molecule has 0 aromatic heterocycles. The molecule has 4 heteroatoms. The lowest BCUT2D eigenvalue weighted by Crippen LogP contribution is -2.47. The molecule has 0 aromatic rings. The standard InChI is InChI=1S/C18H22O4/c19-16(20)15-12-8-4-5-9-13-18(15,17(21)22)14-10-6-2-1-3-7-11-14/h1-6,9,13-15H,7-8,10-12H2,(H,19,20)(H,21,22). The van der Waals surface area contributed by atoms with E-state index in [1.165, 1.54) is 0 Å². The van der Waals surface area contributed by atoms with Gasteiger partial charge in [0, 0.05) is 0 Å². The van der Waals surface area contributed by atoms with E-state index in [-0.39, 0.29) is 5.92 Å². The number of allylic oxidation sites excluding steroid dienone is 7. The normalized spacial score (nSPS) is 31.8. The highest BCUT2D eigenvalue weighted by Crippen LogP contribution is 2.46. The Hall–Kier alpha value is -2.10. The summed E-state index contributed by atoms with van der Waals surface area (Å²) in [5.74, 6) is -3.19. The van der Waals surface area contributed by atoms with Gasteiger partial charge in [-0.15, -0.1) is 0 Å². The third-order valence-electron chi connectivity index (χ3n) is 4.65. The van der Waals surface area contributed by atoms with E-state index in [4.69, 9.17) is 0 Å². The molecule has 3 unspecified atom stereocenters. The number of hydrogen-bond acceptors (Lipinski definition) is 2. The average molecular weight is 302 g/mol. The van der Waals surface area contributed by atoms with E-state index in [1.807, 2.05) is 36.5 Å². The van der Waals surface area contributed by atoms with Crippen LogP contribution in [0.1, 0.15) is 32.1 Å². The summed E-state index contributed by atoms with van der Waals surface area (Å²) in [7, 11) is 0. The maximum Gasteiger partial charge on any atom is 0.314 e. The number of rotatable bonds is 3. The molecule has 0 radical (unpaired) electrons. The summed E-state index contributed by atoms with van der Waals surface area (Å²) in [6.07, 6.45) is 17.7. The van der Waals surface area contributed by atoms with Crippen molar-refractivity contribution < 1.29 is 19.8 Å². The van der Waals surface area contributed by atoms with Crippen molar-refractivity contribution in [1.82, 2.24) is 0 Å². The highest BCUT2D eigenvalue weighted by Gasteiger charge is 2.52. The second kappa shape index (κ2) is 7.25.